The summed E-state index contributed by atoms with van der Waals surface area (Å²) in [5.41, 5.74) is 1.96. The number of anilines is 1. The van der Waals surface area contributed by atoms with Crippen molar-refractivity contribution >= 4 is 34.7 Å². The number of benzene rings is 2. The molecule has 0 spiro atoms. The summed E-state index contributed by atoms with van der Waals surface area (Å²) in [7, 11) is 3.60. The summed E-state index contributed by atoms with van der Waals surface area (Å²) in [5.74, 6) is -0.187. The van der Waals surface area contributed by atoms with E-state index in [1.54, 1.807) is 25.2 Å². The molecule has 2 aromatic carbocycles. The molecule has 0 saturated heterocycles. The number of rotatable bonds is 5. The minimum atomic E-state index is -0.187. The number of nitrogens with one attached hydrogen (secondary N) is 2. The van der Waals surface area contributed by atoms with Crippen molar-refractivity contribution in [3.8, 4) is 0 Å². The molecular formula is C19H20N4O2S. The highest BCUT2D eigenvalue weighted by molar-refractivity contribution is 7.71. The Labute approximate surface area is 156 Å². The van der Waals surface area contributed by atoms with E-state index in [4.69, 9.17) is 12.2 Å². The minimum Gasteiger partial charge on any atom is -0.373 e. The molecule has 0 aliphatic carbocycles. The topological polar surface area (TPSA) is 70.1 Å². The van der Waals surface area contributed by atoms with E-state index in [9.17, 15) is 9.59 Å². The summed E-state index contributed by atoms with van der Waals surface area (Å²) in [6.07, 6.45) is 0. The highest BCUT2D eigenvalue weighted by Crippen LogP contribution is 2.11. The molecule has 0 saturated carbocycles. The molecule has 2 N–H and O–H groups in total. The summed E-state index contributed by atoms with van der Waals surface area (Å²) < 4.78 is 1.70. The third kappa shape index (κ3) is 3.67. The van der Waals surface area contributed by atoms with E-state index in [1.165, 1.54) is 4.57 Å². The summed E-state index contributed by atoms with van der Waals surface area (Å²) in [6.45, 7) is 1.20. The lowest BCUT2D eigenvalue weighted by molar-refractivity contribution is 0.0955. The first-order chi connectivity index (χ1) is 12.5. The van der Waals surface area contributed by atoms with E-state index in [2.05, 4.69) is 15.2 Å². The van der Waals surface area contributed by atoms with Crippen molar-refractivity contribution < 1.29 is 4.79 Å². The highest BCUT2D eigenvalue weighted by atomic mass is 32.1. The zero-order chi connectivity index (χ0) is 18.7. The number of hydrogen-bond acceptors (Lipinski definition) is 4. The van der Waals surface area contributed by atoms with Crippen LogP contribution in [0.1, 0.15) is 10.4 Å². The number of likely N-dealkylation sites (N-methyl/N-ethyl adjacent to an activating group) is 1. The molecular weight excluding hydrogens is 348 g/mol. The van der Waals surface area contributed by atoms with Crippen LogP contribution >= 0.6 is 12.2 Å². The fourth-order valence-corrected chi connectivity index (χ4v) is 2.89. The predicted molar refractivity (Wildman–Crippen MR) is 106 cm³/mol. The van der Waals surface area contributed by atoms with Crippen molar-refractivity contribution in [2.45, 2.75) is 0 Å². The average molecular weight is 368 g/mol. The Hall–Kier alpha value is -2.93. The molecule has 134 valence electrons. The van der Waals surface area contributed by atoms with Gasteiger partial charge in [0.2, 0.25) is 0 Å². The van der Waals surface area contributed by atoms with Crippen LogP contribution in [0, 0.1) is 4.77 Å². The molecule has 0 bridgehead atoms. The number of amides is 1. The molecule has 1 aromatic heterocycles. The molecule has 0 atom stereocenters. The van der Waals surface area contributed by atoms with Gasteiger partial charge in [-0.1, -0.05) is 18.2 Å². The molecule has 26 heavy (non-hydrogen) atoms. The van der Waals surface area contributed by atoms with Crippen molar-refractivity contribution in [2.24, 2.45) is 7.05 Å². The number of carbonyl (C=O) groups excluding carboxylic acids is 1. The van der Waals surface area contributed by atoms with Crippen molar-refractivity contribution in [1.82, 2.24) is 14.9 Å². The number of carbonyl (C=O) groups is 1. The van der Waals surface area contributed by atoms with Crippen LogP contribution in [0.3, 0.4) is 0 Å². The van der Waals surface area contributed by atoms with Gasteiger partial charge < -0.3 is 15.2 Å². The second kappa shape index (κ2) is 7.53. The Bertz CT molecular complexity index is 1060. The zero-order valence-electron chi connectivity index (χ0n) is 14.7. The van der Waals surface area contributed by atoms with Crippen molar-refractivity contribution in [1.29, 1.82) is 0 Å². The van der Waals surface area contributed by atoms with Crippen molar-refractivity contribution in [3.63, 3.8) is 0 Å². The number of nitrogens with zero attached hydrogens (tertiary/aromatic N) is 2. The Balaban J connectivity index is 1.69. The molecule has 0 aliphatic heterocycles. The quantitative estimate of drug-likeness (QED) is 0.679. The van der Waals surface area contributed by atoms with Gasteiger partial charge in [0.25, 0.3) is 11.5 Å². The van der Waals surface area contributed by atoms with Crippen LogP contribution in [0.5, 0.6) is 0 Å². The SMILES string of the molecule is CN(CCNC(=O)c1ccc2c(=O)n(C)c(=S)[nH]c2c1)c1ccccc1. The third-order valence-corrected chi connectivity index (χ3v) is 4.67. The Morgan fingerprint density at radius 2 is 1.96 bits per heavy atom. The lowest BCUT2D eigenvalue weighted by Crippen LogP contribution is -2.33. The second-order valence-corrected chi connectivity index (χ2v) is 6.45. The standard InChI is InChI=1S/C19H20N4O2S/c1-22(14-6-4-3-5-7-14)11-10-20-17(24)13-8-9-15-16(12-13)21-19(26)23(2)18(15)25/h3-9,12H,10-11H2,1-2H3,(H,20,24)(H,21,26). The fourth-order valence-electron chi connectivity index (χ4n) is 2.70. The smallest absolute Gasteiger partial charge is 0.261 e. The number of aromatic amines is 1. The molecule has 0 unspecified atom stereocenters. The summed E-state index contributed by atoms with van der Waals surface area (Å²) in [4.78, 5) is 29.6. The summed E-state index contributed by atoms with van der Waals surface area (Å²) >= 11 is 5.12. The van der Waals surface area contributed by atoms with E-state index in [1.807, 2.05) is 37.4 Å². The molecule has 1 heterocycles. The predicted octanol–water partition coefficient (Wildman–Crippen LogP) is 2.46. The number of hydrogen-bond donors (Lipinski definition) is 2. The molecule has 3 aromatic rings. The number of fused-ring (bicyclic) bond motifs is 1. The maximum absolute atomic E-state index is 12.4. The highest BCUT2D eigenvalue weighted by Gasteiger charge is 2.09. The lowest BCUT2D eigenvalue weighted by atomic mass is 10.1. The minimum absolute atomic E-state index is 0.180. The third-order valence-electron chi connectivity index (χ3n) is 4.29. The molecule has 0 radical (unpaired) electrons. The van der Waals surface area contributed by atoms with Crippen LogP contribution in [0.25, 0.3) is 10.9 Å². The van der Waals surface area contributed by atoms with Gasteiger partial charge in [-0.2, -0.15) is 0 Å². The van der Waals surface area contributed by atoms with Gasteiger partial charge in [-0.15, -0.1) is 0 Å². The largest absolute Gasteiger partial charge is 0.373 e. The maximum Gasteiger partial charge on any atom is 0.261 e. The number of aromatic nitrogens is 2. The molecule has 3 rings (SSSR count). The maximum atomic E-state index is 12.4. The van der Waals surface area contributed by atoms with E-state index in [-0.39, 0.29) is 11.5 Å². The van der Waals surface area contributed by atoms with Gasteiger partial charge in [0.1, 0.15) is 0 Å². The van der Waals surface area contributed by atoms with Gasteiger partial charge in [0, 0.05) is 38.4 Å². The van der Waals surface area contributed by atoms with Crippen LogP contribution in [-0.4, -0.2) is 35.6 Å². The van der Waals surface area contributed by atoms with Crippen LogP contribution in [-0.2, 0) is 7.05 Å². The Morgan fingerprint density at radius 3 is 2.69 bits per heavy atom. The monoisotopic (exact) mass is 368 g/mol. The van der Waals surface area contributed by atoms with E-state index in [0.29, 0.717) is 34.3 Å². The fraction of sp³-hybridized carbons (Fsp3) is 0.211. The summed E-state index contributed by atoms with van der Waals surface area (Å²) in [6, 6.07) is 14.9. The van der Waals surface area contributed by atoms with Gasteiger partial charge in [0.15, 0.2) is 4.77 Å². The van der Waals surface area contributed by atoms with Crippen molar-refractivity contribution in [3.05, 3.63) is 69.2 Å². The van der Waals surface area contributed by atoms with Crippen LogP contribution in [0.2, 0.25) is 0 Å². The molecule has 1 amide bonds. The van der Waals surface area contributed by atoms with Gasteiger partial charge in [-0.05, 0) is 42.5 Å². The number of para-hydroxylation sites is 1. The first kappa shape index (κ1) is 17.9. The zero-order valence-corrected chi connectivity index (χ0v) is 15.5. The van der Waals surface area contributed by atoms with E-state index >= 15 is 0 Å². The van der Waals surface area contributed by atoms with Crippen LogP contribution in [0.4, 0.5) is 5.69 Å². The molecule has 6 nitrogen and oxygen atoms in total. The first-order valence-electron chi connectivity index (χ1n) is 8.25. The second-order valence-electron chi connectivity index (χ2n) is 6.07. The average Bonchev–Trinajstić information content (AvgIpc) is 2.66. The van der Waals surface area contributed by atoms with Crippen LogP contribution < -0.4 is 15.8 Å². The van der Waals surface area contributed by atoms with Gasteiger partial charge in [0.05, 0.1) is 10.9 Å². The van der Waals surface area contributed by atoms with Crippen LogP contribution in [0.15, 0.2) is 53.3 Å². The number of H-pyrrole nitrogens is 1. The molecule has 0 fully saturated rings. The van der Waals surface area contributed by atoms with E-state index in [0.717, 1.165) is 5.69 Å². The van der Waals surface area contributed by atoms with Crippen molar-refractivity contribution in [2.75, 3.05) is 25.0 Å². The van der Waals surface area contributed by atoms with Gasteiger partial charge >= 0.3 is 0 Å². The first-order valence-corrected chi connectivity index (χ1v) is 8.65. The lowest BCUT2D eigenvalue weighted by Gasteiger charge is -2.19. The normalized spacial score (nSPS) is 10.7. The summed E-state index contributed by atoms with van der Waals surface area (Å²) in [5, 5.41) is 3.40. The molecule has 0 aliphatic rings. The molecule has 7 heteroatoms. The Kier molecular flexibility index (Phi) is 5.18. The van der Waals surface area contributed by atoms with Gasteiger partial charge in [-0.3, -0.25) is 14.2 Å². The van der Waals surface area contributed by atoms with E-state index < -0.39 is 0 Å². The Morgan fingerprint density at radius 1 is 1.23 bits per heavy atom. The van der Waals surface area contributed by atoms with Gasteiger partial charge in [-0.25, -0.2) is 0 Å².